The van der Waals surface area contributed by atoms with Gasteiger partial charge in [-0.05, 0) is 32.1 Å². The maximum Gasteiger partial charge on any atom is 0.237 e. The third-order valence-corrected chi connectivity index (χ3v) is 3.53. The Balaban J connectivity index is 1.89. The number of likely N-dealkylation sites (N-methyl/N-ethyl adjacent to an activating group) is 1. The summed E-state index contributed by atoms with van der Waals surface area (Å²) in [5.74, 6) is 0.957. The van der Waals surface area contributed by atoms with E-state index >= 15 is 0 Å². The summed E-state index contributed by atoms with van der Waals surface area (Å²) in [5, 5.41) is 6.36. The van der Waals surface area contributed by atoms with Crippen molar-refractivity contribution in [3.05, 3.63) is 0 Å². The smallest absolute Gasteiger partial charge is 0.237 e. The van der Waals surface area contributed by atoms with Gasteiger partial charge in [-0.2, -0.15) is 0 Å². The molecule has 0 aromatic heterocycles. The fourth-order valence-electron chi connectivity index (χ4n) is 2.82. The summed E-state index contributed by atoms with van der Waals surface area (Å²) in [6.07, 6.45) is 6.31. The van der Waals surface area contributed by atoms with Gasteiger partial charge in [0.1, 0.15) is 0 Å². The molecule has 80 valence electrons. The summed E-state index contributed by atoms with van der Waals surface area (Å²) in [4.78, 5) is 11.6. The molecule has 2 fully saturated rings. The van der Waals surface area contributed by atoms with Crippen LogP contribution >= 0.6 is 0 Å². The second-order valence-corrected chi connectivity index (χ2v) is 4.50. The van der Waals surface area contributed by atoms with Gasteiger partial charge in [-0.1, -0.05) is 12.8 Å². The van der Waals surface area contributed by atoms with Crippen molar-refractivity contribution in [3.63, 3.8) is 0 Å². The number of amides is 1. The molecule has 3 atom stereocenters. The van der Waals surface area contributed by atoms with Crippen LogP contribution in [0.25, 0.3) is 0 Å². The van der Waals surface area contributed by atoms with E-state index in [4.69, 9.17) is 0 Å². The highest BCUT2D eigenvalue weighted by Crippen LogP contribution is 2.33. The van der Waals surface area contributed by atoms with E-state index in [1.54, 1.807) is 0 Å². The molecular weight excluding hydrogens is 176 g/mol. The molecule has 1 heterocycles. The van der Waals surface area contributed by atoms with E-state index in [1.165, 1.54) is 25.7 Å². The van der Waals surface area contributed by atoms with Gasteiger partial charge in [0.15, 0.2) is 0 Å². The second-order valence-electron chi connectivity index (χ2n) is 4.50. The largest absolute Gasteiger partial charge is 0.355 e. The average molecular weight is 196 g/mol. The summed E-state index contributed by atoms with van der Waals surface area (Å²) in [6.45, 7) is 2.71. The summed E-state index contributed by atoms with van der Waals surface area (Å²) >= 11 is 0. The molecule has 3 nitrogen and oxygen atoms in total. The number of nitrogens with one attached hydrogen (secondary N) is 2. The highest BCUT2D eigenvalue weighted by Gasteiger charge is 2.37. The quantitative estimate of drug-likeness (QED) is 0.693. The Morgan fingerprint density at radius 1 is 1.43 bits per heavy atom. The lowest BCUT2D eigenvalue weighted by atomic mass is 9.85. The van der Waals surface area contributed by atoms with Crippen molar-refractivity contribution in [1.82, 2.24) is 10.6 Å². The highest BCUT2D eigenvalue weighted by molar-refractivity contribution is 5.82. The van der Waals surface area contributed by atoms with Gasteiger partial charge in [-0.15, -0.1) is 0 Å². The fourth-order valence-corrected chi connectivity index (χ4v) is 2.82. The molecule has 0 bridgehead atoms. The molecule has 0 aromatic carbocycles. The van der Waals surface area contributed by atoms with Crippen LogP contribution in [0, 0.1) is 5.92 Å². The molecule has 2 rings (SSSR count). The lowest BCUT2D eigenvalue weighted by Gasteiger charge is -2.24. The zero-order chi connectivity index (χ0) is 9.97. The van der Waals surface area contributed by atoms with Gasteiger partial charge >= 0.3 is 0 Å². The number of hydrogen-bond donors (Lipinski definition) is 2. The van der Waals surface area contributed by atoms with E-state index in [0.717, 1.165) is 18.9 Å². The van der Waals surface area contributed by atoms with Crippen molar-refractivity contribution < 1.29 is 4.79 Å². The van der Waals surface area contributed by atoms with E-state index in [1.807, 2.05) is 6.92 Å². The maximum atomic E-state index is 11.6. The Morgan fingerprint density at radius 3 is 2.93 bits per heavy atom. The normalized spacial score (nSPS) is 36.5. The van der Waals surface area contributed by atoms with E-state index < -0.39 is 0 Å². The molecule has 1 amide bonds. The van der Waals surface area contributed by atoms with Crippen molar-refractivity contribution in [2.75, 3.05) is 6.54 Å². The van der Waals surface area contributed by atoms with Crippen LogP contribution in [0.1, 0.15) is 39.0 Å². The van der Waals surface area contributed by atoms with Gasteiger partial charge in [-0.25, -0.2) is 0 Å². The Hall–Kier alpha value is -0.570. The molecule has 14 heavy (non-hydrogen) atoms. The van der Waals surface area contributed by atoms with Crippen LogP contribution in [-0.2, 0) is 4.79 Å². The number of hydrogen-bond acceptors (Lipinski definition) is 2. The van der Waals surface area contributed by atoms with Gasteiger partial charge < -0.3 is 10.6 Å². The van der Waals surface area contributed by atoms with E-state index in [-0.39, 0.29) is 11.9 Å². The number of carbonyl (C=O) groups excluding carboxylic acids is 1. The summed E-state index contributed by atoms with van der Waals surface area (Å²) in [6, 6.07) is 0.708. The van der Waals surface area contributed by atoms with E-state index in [0.29, 0.717) is 6.04 Å². The number of rotatable bonds is 2. The highest BCUT2D eigenvalue weighted by atomic mass is 16.2. The van der Waals surface area contributed by atoms with Crippen LogP contribution in [0.4, 0.5) is 0 Å². The zero-order valence-corrected chi connectivity index (χ0v) is 8.88. The molecule has 0 aromatic rings. The Morgan fingerprint density at radius 2 is 2.21 bits per heavy atom. The SMILES string of the molecule is CCNC(=O)[C@H]1C[C@@H]2CCCC[C@@H]2N1. The fraction of sp³-hybridized carbons (Fsp3) is 0.909. The van der Waals surface area contributed by atoms with E-state index in [9.17, 15) is 4.79 Å². The first-order valence-electron chi connectivity index (χ1n) is 5.85. The summed E-state index contributed by atoms with van der Waals surface area (Å²) in [7, 11) is 0. The van der Waals surface area contributed by atoms with Gasteiger partial charge in [0, 0.05) is 12.6 Å². The number of fused-ring (bicyclic) bond motifs is 1. The lowest BCUT2D eigenvalue weighted by molar-refractivity contribution is -0.122. The first kappa shape index (κ1) is 9.97. The minimum atomic E-state index is 0.0862. The van der Waals surface area contributed by atoms with Crippen LogP contribution < -0.4 is 10.6 Å². The topological polar surface area (TPSA) is 41.1 Å². The predicted octanol–water partition coefficient (Wildman–Crippen LogP) is 1.04. The number of carbonyl (C=O) groups is 1. The minimum Gasteiger partial charge on any atom is -0.355 e. The molecule has 1 saturated heterocycles. The second kappa shape index (κ2) is 4.30. The first-order chi connectivity index (χ1) is 6.81. The monoisotopic (exact) mass is 196 g/mol. The van der Waals surface area contributed by atoms with Crippen molar-refractivity contribution in [2.24, 2.45) is 5.92 Å². The van der Waals surface area contributed by atoms with Crippen molar-refractivity contribution in [2.45, 2.75) is 51.1 Å². The predicted molar refractivity (Wildman–Crippen MR) is 56.0 cm³/mol. The molecule has 1 aliphatic heterocycles. The minimum absolute atomic E-state index is 0.0862. The van der Waals surface area contributed by atoms with Crippen LogP contribution in [0.5, 0.6) is 0 Å². The summed E-state index contributed by atoms with van der Waals surface area (Å²) < 4.78 is 0. The van der Waals surface area contributed by atoms with Gasteiger partial charge in [-0.3, -0.25) is 4.79 Å². The molecule has 0 radical (unpaired) electrons. The molecule has 3 heteroatoms. The molecule has 0 unspecified atom stereocenters. The summed E-state index contributed by atoms with van der Waals surface area (Å²) in [5.41, 5.74) is 0. The Kier molecular flexibility index (Phi) is 3.06. The van der Waals surface area contributed by atoms with Crippen molar-refractivity contribution in [1.29, 1.82) is 0 Å². The van der Waals surface area contributed by atoms with Crippen LogP contribution in [0.3, 0.4) is 0 Å². The van der Waals surface area contributed by atoms with Crippen molar-refractivity contribution >= 4 is 5.91 Å². The first-order valence-corrected chi connectivity index (χ1v) is 5.85. The Bertz CT molecular complexity index is 203. The average Bonchev–Trinajstić information content (AvgIpc) is 2.61. The molecule has 2 N–H and O–H groups in total. The Labute approximate surface area is 85.6 Å². The molecular formula is C11H20N2O. The third kappa shape index (κ3) is 1.92. The van der Waals surface area contributed by atoms with Gasteiger partial charge in [0.2, 0.25) is 5.91 Å². The zero-order valence-electron chi connectivity index (χ0n) is 8.88. The molecule has 2 aliphatic rings. The molecule has 0 spiro atoms. The molecule has 1 aliphatic carbocycles. The van der Waals surface area contributed by atoms with Gasteiger partial charge in [0.25, 0.3) is 0 Å². The third-order valence-electron chi connectivity index (χ3n) is 3.53. The lowest BCUT2D eigenvalue weighted by Crippen LogP contribution is -2.43. The van der Waals surface area contributed by atoms with E-state index in [2.05, 4.69) is 10.6 Å². The van der Waals surface area contributed by atoms with Crippen LogP contribution in [0.15, 0.2) is 0 Å². The van der Waals surface area contributed by atoms with Crippen LogP contribution in [-0.4, -0.2) is 24.5 Å². The van der Waals surface area contributed by atoms with Crippen LogP contribution in [0.2, 0.25) is 0 Å². The van der Waals surface area contributed by atoms with Crippen molar-refractivity contribution in [3.8, 4) is 0 Å². The maximum absolute atomic E-state index is 11.6. The molecule has 1 saturated carbocycles. The van der Waals surface area contributed by atoms with Gasteiger partial charge in [0.05, 0.1) is 6.04 Å². The standard InChI is InChI=1S/C11H20N2O/c1-2-12-11(14)10-7-8-5-3-4-6-9(8)13-10/h8-10,13H,2-7H2,1H3,(H,12,14)/t8-,9-,10+/m0/s1.